The Morgan fingerprint density at radius 2 is 1.62 bits per heavy atom. The van der Waals surface area contributed by atoms with Crippen LogP contribution in [0.4, 0.5) is 0 Å². The van der Waals surface area contributed by atoms with E-state index in [0.29, 0.717) is 6.54 Å². The normalized spacial score (nSPS) is 21.0. The van der Waals surface area contributed by atoms with Crippen LogP contribution in [0.5, 0.6) is 0 Å². The van der Waals surface area contributed by atoms with Gasteiger partial charge in [0.15, 0.2) is 6.29 Å². The predicted octanol–water partition coefficient (Wildman–Crippen LogP) is 5.67. The lowest BCUT2D eigenvalue weighted by atomic mass is 9.90. The highest BCUT2D eigenvalue weighted by Gasteiger charge is 2.38. The molecular weight excluding hydrogens is 498 g/mol. The van der Waals surface area contributed by atoms with Crippen molar-refractivity contribution < 1.29 is 14.6 Å². The molecule has 1 aromatic heterocycles. The fourth-order valence-corrected chi connectivity index (χ4v) is 5.32. The summed E-state index contributed by atoms with van der Waals surface area (Å²) in [5.41, 5.74) is 13.3. The molecule has 208 valence electrons. The van der Waals surface area contributed by atoms with Crippen molar-refractivity contribution in [1.82, 2.24) is 9.88 Å². The molecule has 0 aliphatic carbocycles. The van der Waals surface area contributed by atoms with Gasteiger partial charge in [0.1, 0.15) is 0 Å². The highest BCUT2D eigenvalue weighted by molar-refractivity contribution is 5.65. The molecule has 4 aromatic rings. The molecule has 1 aliphatic rings. The Hall–Kier alpha value is -3.39. The van der Waals surface area contributed by atoms with Crippen LogP contribution in [0.2, 0.25) is 0 Å². The van der Waals surface area contributed by atoms with Gasteiger partial charge in [0.05, 0.1) is 18.8 Å². The Labute approximate surface area is 237 Å². The maximum Gasteiger partial charge on any atom is 0.184 e. The third-order valence-corrected chi connectivity index (χ3v) is 7.75. The third kappa shape index (κ3) is 6.84. The van der Waals surface area contributed by atoms with Crippen molar-refractivity contribution in [2.45, 2.75) is 45.0 Å². The second-order valence-corrected chi connectivity index (χ2v) is 10.7. The lowest BCUT2D eigenvalue weighted by Gasteiger charge is -2.42. The molecule has 6 nitrogen and oxygen atoms in total. The molecule has 3 aromatic carbocycles. The molecular formula is C34H39N3O3. The van der Waals surface area contributed by atoms with Gasteiger partial charge < -0.3 is 25.2 Å². The Kier molecular flexibility index (Phi) is 9.37. The molecule has 0 saturated carbocycles. The first-order valence-corrected chi connectivity index (χ1v) is 14.0. The number of aromatic nitrogens is 1. The van der Waals surface area contributed by atoms with Crippen molar-refractivity contribution in [2.24, 2.45) is 11.7 Å². The standard InChI is InChI=1S/C34H39N3O3/c1-24-32(22-37(2)18-16-31-11-3-4-17-36-31)39-34(40-33(24)27-14-12-25(23-38)13-15-27)30-10-6-9-29(20-30)28-8-5-7-26(19-28)21-35/h3-15,17,19-20,24,32-34,38H,16,18,21-23,35H2,1-2H3. The Balaban J connectivity index is 1.39. The SMILES string of the molecule is CC1C(CN(C)CCc2ccccn2)OC(c2cccc(-c3cccc(CN)c3)c2)OC1c1ccc(CO)cc1. The second-order valence-electron chi connectivity index (χ2n) is 10.7. The molecule has 1 fully saturated rings. The predicted molar refractivity (Wildman–Crippen MR) is 158 cm³/mol. The van der Waals surface area contributed by atoms with E-state index in [1.54, 1.807) is 0 Å². The van der Waals surface area contributed by atoms with Crippen LogP contribution in [-0.4, -0.2) is 41.2 Å². The summed E-state index contributed by atoms with van der Waals surface area (Å²) in [4.78, 5) is 6.79. The zero-order chi connectivity index (χ0) is 27.9. The van der Waals surface area contributed by atoms with E-state index in [0.717, 1.165) is 58.6 Å². The average Bonchev–Trinajstić information content (AvgIpc) is 3.01. The van der Waals surface area contributed by atoms with Crippen molar-refractivity contribution in [2.75, 3.05) is 20.1 Å². The minimum absolute atomic E-state index is 0.0228. The number of likely N-dealkylation sites (N-methyl/N-ethyl adjacent to an activating group) is 1. The Morgan fingerprint density at radius 1 is 0.850 bits per heavy atom. The molecule has 2 heterocycles. The fraction of sp³-hybridized carbons (Fsp3) is 0.324. The molecule has 40 heavy (non-hydrogen) atoms. The number of aliphatic hydroxyl groups excluding tert-OH is 1. The van der Waals surface area contributed by atoms with Gasteiger partial charge in [-0.15, -0.1) is 0 Å². The highest BCUT2D eigenvalue weighted by atomic mass is 16.7. The van der Waals surface area contributed by atoms with E-state index in [4.69, 9.17) is 15.2 Å². The number of benzene rings is 3. The minimum Gasteiger partial charge on any atom is -0.392 e. The van der Waals surface area contributed by atoms with E-state index in [9.17, 15) is 5.11 Å². The van der Waals surface area contributed by atoms with Crippen LogP contribution in [-0.2, 0) is 29.0 Å². The van der Waals surface area contributed by atoms with Crippen LogP contribution in [0.25, 0.3) is 11.1 Å². The number of nitrogens with two attached hydrogens (primary N) is 1. The Morgan fingerprint density at radius 3 is 2.35 bits per heavy atom. The molecule has 1 aliphatic heterocycles. The first-order chi connectivity index (χ1) is 19.5. The summed E-state index contributed by atoms with van der Waals surface area (Å²) in [6.45, 7) is 4.39. The number of hydrogen-bond acceptors (Lipinski definition) is 6. The van der Waals surface area contributed by atoms with Crippen LogP contribution in [0.15, 0.2) is 97.2 Å². The smallest absolute Gasteiger partial charge is 0.184 e. The average molecular weight is 538 g/mol. The summed E-state index contributed by atoms with van der Waals surface area (Å²) in [5.74, 6) is 0.123. The van der Waals surface area contributed by atoms with Crippen molar-refractivity contribution >= 4 is 0 Å². The lowest BCUT2D eigenvalue weighted by Crippen LogP contribution is -2.43. The molecule has 0 radical (unpaired) electrons. The maximum absolute atomic E-state index is 9.54. The van der Waals surface area contributed by atoms with E-state index in [2.05, 4.69) is 78.5 Å². The van der Waals surface area contributed by atoms with Crippen LogP contribution in [0.3, 0.4) is 0 Å². The summed E-state index contributed by atoms with van der Waals surface area (Å²) in [5, 5.41) is 9.54. The van der Waals surface area contributed by atoms with E-state index in [-0.39, 0.29) is 24.7 Å². The Bertz CT molecular complexity index is 1360. The second kappa shape index (κ2) is 13.3. The van der Waals surface area contributed by atoms with Crippen molar-refractivity contribution in [3.8, 4) is 11.1 Å². The molecule has 0 bridgehead atoms. The van der Waals surface area contributed by atoms with Crippen LogP contribution < -0.4 is 5.73 Å². The largest absolute Gasteiger partial charge is 0.392 e. The molecule has 5 rings (SSSR count). The summed E-state index contributed by atoms with van der Waals surface area (Å²) in [6, 6.07) is 30.8. The van der Waals surface area contributed by atoms with Gasteiger partial charge in [0, 0.05) is 49.4 Å². The van der Waals surface area contributed by atoms with Gasteiger partial charge in [-0.1, -0.05) is 73.7 Å². The van der Waals surface area contributed by atoms with Gasteiger partial charge in [0.2, 0.25) is 0 Å². The zero-order valence-corrected chi connectivity index (χ0v) is 23.3. The first kappa shape index (κ1) is 28.1. The molecule has 0 amide bonds. The zero-order valence-electron chi connectivity index (χ0n) is 23.3. The molecule has 4 unspecified atom stereocenters. The fourth-order valence-electron chi connectivity index (χ4n) is 5.32. The summed E-state index contributed by atoms with van der Waals surface area (Å²) in [6.07, 6.45) is 2.03. The molecule has 3 N–H and O–H groups in total. The summed E-state index contributed by atoms with van der Waals surface area (Å²) in [7, 11) is 2.14. The van der Waals surface area contributed by atoms with Gasteiger partial charge >= 0.3 is 0 Å². The van der Waals surface area contributed by atoms with Gasteiger partial charge in [0.25, 0.3) is 0 Å². The van der Waals surface area contributed by atoms with Gasteiger partial charge in [-0.2, -0.15) is 0 Å². The van der Waals surface area contributed by atoms with Crippen LogP contribution >= 0.6 is 0 Å². The molecule has 4 atom stereocenters. The first-order valence-electron chi connectivity index (χ1n) is 14.0. The topological polar surface area (TPSA) is 80.8 Å². The van der Waals surface area contributed by atoms with E-state index < -0.39 is 6.29 Å². The van der Waals surface area contributed by atoms with Crippen LogP contribution in [0, 0.1) is 5.92 Å². The van der Waals surface area contributed by atoms with E-state index in [1.165, 1.54) is 0 Å². The number of ether oxygens (including phenoxy) is 2. The monoisotopic (exact) mass is 537 g/mol. The van der Waals surface area contributed by atoms with Crippen molar-refractivity contribution in [3.63, 3.8) is 0 Å². The number of nitrogens with zero attached hydrogens (tertiary/aromatic N) is 2. The third-order valence-electron chi connectivity index (χ3n) is 7.75. The van der Waals surface area contributed by atoms with Crippen LogP contribution in [0.1, 0.15) is 47.3 Å². The maximum atomic E-state index is 9.54. The number of pyridine rings is 1. The summed E-state index contributed by atoms with van der Waals surface area (Å²) >= 11 is 0. The molecule has 1 saturated heterocycles. The summed E-state index contributed by atoms with van der Waals surface area (Å²) < 4.78 is 13.4. The van der Waals surface area contributed by atoms with E-state index >= 15 is 0 Å². The van der Waals surface area contributed by atoms with Crippen molar-refractivity contribution in [1.29, 1.82) is 0 Å². The van der Waals surface area contributed by atoms with Gasteiger partial charge in [-0.25, -0.2) is 0 Å². The van der Waals surface area contributed by atoms with Gasteiger partial charge in [-0.05, 0) is 59.1 Å². The van der Waals surface area contributed by atoms with E-state index in [1.807, 2.05) is 42.6 Å². The highest BCUT2D eigenvalue weighted by Crippen LogP contribution is 2.42. The minimum atomic E-state index is -0.509. The quantitative estimate of drug-likeness (QED) is 0.272. The van der Waals surface area contributed by atoms with Crippen molar-refractivity contribution in [3.05, 3.63) is 125 Å². The number of aliphatic hydroxyl groups is 1. The molecule has 0 spiro atoms. The van der Waals surface area contributed by atoms with Gasteiger partial charge in [-0.3, -0.25) is 4.98 Å². The lowest BCUT2D eigenvalue weighted by molar-refractivity contribution is -0.275. The molecule has 6 heteroatoms. The number of hydrogen-bond donors (Lipinski definition) is 2. The number of rotatable bonds is 10.